The number of hydrogen-bond acceptors (Lipinski definition) is 0. The van der Waals surface area contributed by atoms with Crippen molar-refractivity contribution >= 4 is 11.1 Å². The summed E-state index contributed by atoms with van der Waals surface area (Å²) in [6.45, 7) is 0. The molecule has 0 amide bonds. The van der Waals surface area contributed by atoms with Gasteiger partial charge < -0.3 is 0 Å². The van der Waals surface area contributed by atoms with Crippen LogP contribution in [0.5, 0.6) is 0 Å². The molecule has 0 heteroatoms. The van der Waals surface area contributed by atoms with Gasteiger partial charge in [0.25, 0.3) is 0 Å². The van der Waals surface area contributed by atoms with Crippen molar-refractivity contribution in [3.8, 4) is 0 Å². The van der Waals surface area contributed by atoms with Gasteiger partial charge in [-0.05, 0) is 64.7 Å². The van der Waals surface area contributed by atoms with Gasteiger partial charge in [-0.25, -0.2) is 0 Å². The molecule has 0 saturated heterocycles. The zero-order valence-electron chi connectivity index (χ0n) is 17.7. The van der Waals surface area contributed by atoms with Gasteiger partial charge in [-0.3, -0.25) is 0 Å². The Morgan fingerprint density at radius 3 is 1.94 bits per heavy atom. The summed E-state index contributed by atoms with van der Waals surface area (Å²) in [4.78, 5) is 0. The fourth-order valence-electron chi connectivity index (χ4n) is 5.90. The second-order valence-electron chi connectivity index (χ2n) is 8.69. The van der Waals surface area contributed by atoms with E-state index in [4.69, 9.17) is 0 Å². The topological polar surface area (TPSA) is 0 Å². The van der Waals surface area contributed by atoms with Crippen molar-refractivity contribution in [1.29, 1.82) is 0 Å². The molecule has 0 unspecified atom stereocenters. The smallest absolute Gasteiger partial charge is 0.0673 e. The number of benzene rings is 3. The lowest BCUT2D eigenvalue weighted by Crippen LogP contribution is -2.32. The lowest BCUT2D eigenvalue weighted by molar-refractivity contribution is 0.733. The van der Waals surface area contributed by atoms with E-state index in [-0.39, 0.29) is 5.41 Å². The van der Waals surface area contributed by atoms with E-state index >= 15 is 0 Å². The van der Waals surface area contributed by atoms with Gasteiger partial charge >= 0.3 is 0 Å². The van der Waals surface area contributed by atoms with Crippen LogP contribution in [0.3, 0.4) is 0 Å². The molecular formula is C31H26. The maximum Gasteiger partial charge on any atom is 0.0673 e. The maximum absolute atomic E-state index is 2.52. The zero-order valence-corrected chi connectivity index (χ0v) is 17.7. The average molecular weight is 399 g/mol. The Balaban J connectivity index is 1.78. The predicted octanol–water partition coefficient (Wildman–Crippen LogP) is 7.89. The molecule has 0 nitrogen and oxygen atoms in total. The number of hydrogen-bond donors (Lipinski definition) is 0. The quantitative estimate of drug-likeness (QED) is 0.392. The van der Waals surface area contributed by atoms with Gasteiger partial charge in [-0.1, -0.05) is 115 Å². The SMILES string of the molecule is C1=CC2=C(C(C3=CCCC3)(c3ccccc3)c3ccccc3)c3ccccc3C2=CC1. The van der Waals surface area contributed by atoms with Crippen molar-refractivity contribution in [2.24, 2.45) is 0 Å². The van der Waals surface area contributed by atoms with Gasteiger partial charge in [0.05, 0.1) is 5.41 Å². The molecule has 150 valence electrons. The molecule has 0 fully saturated rings. The van der Waals surface area contributed by atoms with E-state index in [1.54, 1.807) is 5.57 Å². The first-order chi connectivity index (χ1) is 15.4. The Kier molecular flexibility index (Phi) is 4.39. The van der Waals surface area contributed by atoms with Crippen LogP contribution in [0.1, 0.15) is 47.9 Å². The molecule has 0 aliphatic heterocycles. The van der Waals surface area contributed by atoms with E-state index in [0.717, 1.165) is 12.8 Å². The molecule has 3 aliphatic carbocycles. The van der Waals surface area contributed by atoms with Crippen molar-refractivity contribution in [1.82, 2.24) is 0 Å². The summed E-state index contributed by atoms with van der Waals surface area (Å²) in [5.41, 5.74) is 11.0. The summed E-state index contributed by atoms with van der Waals surface area (Å²) in [5.74, 6) is 0. The van der Waals surface area contributed by atoms with E-state index in [1.165, 1.54) is 51.8 Å². The molecular weight excluding hydrogens is 372 g/mol. The van der Waals surface area contributed by atoms with Gasteiger partial charge in [0.1, 0.15) is 0 Å². The highest BCUT2D eigenvalue weighted by molar-refractivity contribution is 6.07. The first kappa shape index (κ1) is 18.4. The number of fused-ring (bicyclic) bond motifs is 3. The van der Waals surface area contributed by atoms with Crippen molar-refractivity contribution in [2.45, 2.75) is 31.1 Å². The van der Waals surface area contributed by atoms with Crippen LogP contribution in [0.4, 0.5) is 0 Å². The second-order valence-corrected chi connectivity index (χ2v) is 8.69. The fourth-order valence-corrected chi connectivity index (χ4v) is 5.90. The summed E-state index contributed by atoms with van der Waals surface area (Å²) < 4.78 is 0. The van der Waals surface area contributed by atoms with E-state index in [1.807, 2.05) is 0 Å². The van der Waals surface area contributed by atoms with E-state index in [0.29, 0.717) is 0 Å². The molecule has 0 radical (unpaired) electrons. The lowest BCUT2D eigenvalue weighted by atomic mass is 9.62. The molecule has 31 heavy (non-hydrogen) atoms. The van der Waals surface area contributed by atoms with Gasteiger partial charge in [0.15, 0.2) is 0 Å². The lowest BCUT2D eigenvalue weighted by Gasteiger charge is -2.40. The van der Waals surface area contributed by atoms with Crippen LogP contribution in [0, 0.1) is 0 Å². The van der Waals surface area contributed by atoms with Crippen LogP contribution in [-0.2, 0) is 5.41 Å². The summed E-state index contributed by atoms with van der Waals surface area (Å²) in [6.07, 6.45) is 14.2. The number of allylic oxidation sites excluding steroid dienone is 8. The van der Waals surface area contributed by atoms with Crippen LogP contribution < -0.4 is 0 Å². The molecule has 3 aliphatic rings. The van der Waals surface area contributed by atoms with E-state index in [9.17, 15) is 0 Å². The third-order valence-electron chi connectivity index (χ3n) is 7.10. The summed E-state index contributed by atoms with van der Waals surface area (Å²) in [7, 11) is 0. The minimum absolute atomic E-state index is 0.276. The van der Waals surface area contributed by atoms with E-state index < -0.39 is 0 Å². The fraction of sp³-hybridized carbons (Fsp3) is 0.161. The minimum atomic E-state index is -0.276. The molecule has 0 atom stereocenters. The van der Waals surface area contributed by atoms with Crippen LogP contribution >= 0.6 is 0 Å². The van der Waals surface area contributed by atoms with Crippen molar-refractivity contribution in [3.05, 3.63) is 143 Å². The molecule has 3 aromatic carbocycles. The Morgan fingerprint density at radius 2 is 1.29 bits per heavy atom. The maximum atomic E-state index is 2.52. The first-order valence-corrected chi connectivity index (χ1v) is 11.4. The molecule has 6 rings (SSSR count). The highest BCUT2D eigenvalue weighted by Crippen LogP contribution is 2.58. The standard InChI is InChI=1S/C31H26/c1-3-13-23(14-4-1)31(25-17-7-8-18-25,24-15-5-2-6-16-24)30-28-21-11-9-19-26(28)27-20-10-12-22-29(27)30/h1-6,9,11-17,19-22H,7-8,10,18H2. The summed E-state index contributed by atoms with van der Waals surface area (Å²) in [5, 5.41) is 0. The normalized spacial score (nSPS) is 17.3. The van der Waals surface area contributed by atoms with Crippen LogP contribution in [0.15, 0.2) is 120 Å². The predicted molar refractivity (Wildman–Crippen MR) is 131 cm³/mol. The molecule has 0 bridgehead atoms. The van der Waals surface area contributed by atoms with Crippen LogP contribution in [0.25, 0.3) is 11.1 Å². The molecule has 0 spiro atoms. The van der Waals surface area contributed by atoms with Crippen molar-refractivity contribution < 1.29 is 0 Å². The monoisotopic (exact) mass is 398 g/mol. The number of rotatable bonds is 4. The van der Waals surface area contributed by atoms with Crippen LogP contribution in [0.2, 0.25) is 0 Å². The summed E-state index contributed by atoms with van der Waals surface area (Å²) >= 11 is 0. The third-order valence-corrected chi connectivity index (χ3v) is 7.10. The largest absolute Gasteiger partial charge is 0.0837 e. The van der Waals surface area contributed by atoms with Gasteiger partial charge in [-0.2, -0.15) is 0 Å². The second kappa shape index (κ2) is 7.39. The van der Waals surface area contributed by atoms with Crippen molar-refractivity contribution in [3.63, 3.8) is 0 Å². The van der Waals surface area contributed by atoms with Gasteiger partial charge in [0.2, 0.25) is 0 Å². The Hall–Kier alpha value is -3.38. The summed E-state index contributed by atoms with van der Waals surface area (Å²) in [6, 6.07) is 31.4. The highest BCUT2D eigenvalue weighted by atomic mass is 14.5. The Morgan fingerprint density at radius 1 is 0.645 bits per heavy atom. The zero-order chi connectivity index (χ0) is 20.7. The molecule has 3 aromatic rings. The molecule has 0 aromatic heterocycles. The molecule has 0 heterocycles. The molecule has 0 N–H and O–H groups in total. The van der Waals surface area contributed by atoms with Gasteiger partial charge in [-0.15, -0.1) is 0 Å². The Labute approximate surface area is 185 Å². The average Bonchev–Trinajstić information content (AvgIpc) is 3.49. The van der Waals surface area contributed by atoms with E-state index in [2.05, 4.69) is 109 Å². The minimum Gasteiger partial charge on any atom is -0.0837 e. The van der Waals surface area contributed by atoms with Crippen molar-refractivity contribution in [2.75, 3.05) is 0 Å². The first-order valence-electron chi connectivity index (χ1n) is 11.4. The third kappa shape index (κ3) is 2.68. The van der Waals surface area contributed by atoms with Gasteiger partial charge in [0, 0.05) is 0 Å². The molecule has 0 saturated carbocycles. The highest BCUT2D eigenvalue weighted by Gasteiger charge is 2.46. The van der Waals surface area contributed by atoms with Crippen LogP contribution in [-0.4, -0.2) is 0 Å². The Bertz CT molecular complexity index is 1210.